The molecule has 1 fully saturated rings. The van der Waals surface area contributed by atoms with E-state index in [1.54, 1.807) is 0 Å². The van der Waals surface area contributed by atoms with E-state index in [-0.39, 0.29) is 5.41 Å². The van der Waals surface area contributed by atoms with Gasteiger partial charge in [-0.2, -0.15) is 0 Å². The number of phenolic OH excluding ortho intramolecular Hbond substituents is 2. The van der Waals surface area contributed by atoms with Crippen LogP contribution in [-0.4, -0.2) is 10.2 Å². The van der Waals surface area contributed by atoms with Gasteiger partial charge in [0, 0.05) is 5.41 Å². The van der Waals surface area contributed by atoms with E-state index < -0.39 is 0 Å². The van der Waals surface area contributed by atoms with Crippen molar-refractivity contribution in [1.82, 2.24) is 0 Å². The van der Waals surface area contributed by atoms with Gasteiger partial charge in [0.2, 0.25) is 0 Å². The molecule has 0 aliphatic heterocycles. The summed E-state index contributed by atoms with van der Waals surface area (Å²) >= 11 is 0. The Labute approximate surface area is 151 Å². The zero-order chi connectivity index (χ0) is 17.9. The van der Waals surface area contributed by atoms with E-state index in [1.165, 1.54) is 49.7 Å². The highest BCUT2D eigenvalue weighted by Crippen LogP contribution is 2.46. The van der Waals surface area contributed by atoms with Crippen LogP contribution in [0.5, 0.6) is 11.5 Å². The Balaban J connectivity index is 2.18. The van der Waals surface area contributed by atoms with Crippen LogP contribution in [0.3, 0.4) is 0 Å². The number of hydrogen-bond donors (Lipinski definition) is 2. The second kappa shape index (κ2) is 7.51. The molecule has 25 heavy (non-hydrogen) atoms. The highest BCUT2D eigenvalue weighted by atomic mass is 16.3. The van der Waals surface area contributed by atoms with Crippen LogP contribution in [-0.2, 0) is 5.41 Å². The molecule has 0 aromatic heterocycles. The molecule has 0 spiro atoms. The lowest BCUT2D eigenvalue weighted by atomic mass is 9.66. The average Bonchev–Trinajstić information content (AvgIpc) is 2.67. The normalized spacial score (nSPS) is 18.2. The number of phenols is 2. The Kier molecular flexibility index (Phi) is 5.36. The second-order valence-electron chi connectivity index (χ2n) is 7.70. The quantitative estimate of drug-likeness (QED) is 0.691. The summed E-state index contributed by atoms with van der Waals surface area (Å²) in [5.41, 5.74) is 4.96. The molecule has 0 atom stereocenters. The van der Waals surface area contributed by atoms with Crippen molar-refractivity contribution in [3.8, 4) is 11.5 Å². The van der Waals surface area contributed by atoms with Crippen molar-refractivity contribution in [2.45, 2.75) is 70.6 Å². The molecule has 0 amide bonds. The first-order valence-electron chi connectivity index (χ1n) is 9.63. The molecule has 0 heterocycles. The van der Waals surface area contributed by atoms with Crippen LogP contribution in [0.2, 0.25) is 0 Å². The fourth-order valence-corrected chi connectivity index (χ4v) is 4.74. The number of aromatic hydroxyl groups is 2. The van der Waals surface area contributed by atoms with E-state index in [0.29, 0.717) is 11.5 Å². The van der Waals surface area contributed by atoms with Gasteiger partial charge in [0.15, 0.2) is 0 Å². The number of hydrogen-bond acceptors (Lipinski definition) is 2. The average molecular weight is 338 g/mol. The monoisotopic (exact) mass is 338 g/mol. The smallest absolute Gasteiger partial charge is 0.115 e. The van der Waals surface area contributed by atoms with Crippen LogP contribution < -0.4 is 0 Å². The Hall–Kier alpha value is -1.96. The van der Waals surface area contributed by atoms with Gasteiger partial charge < -0.3 is 10.2 Å². The minimum absolute atomic E-state index is 0.0279. The lowest BCUT2D eigenvalue weighted by molar-refractivity contribution is 0.407. The Morgan fingerprint density at radius 3 is 1.44 bits per heavy atom. The molecule has 2 heteroatoms. The molecule has 3 rings (SSSR count). The summed E-state index contributed by atoms with van der Waals surface area (Å²) in [6, 6.07) is 11.7. The topological polar surface area (TPSA) is 40.5 Å². The summed E-state index contributed by atoms with van der Waals surface area (Å²) in [7, 11) is 0. The Morgan fingerprint density at radius 2 is 1.04 bits per heavy atom. The van der Waals surface area contributed by atoms with E-state index in [2.05, 4.69) is 26.0 Å². The first kappa shape index (κ1) is 17.8. The highest BCUT2D eigenvalue weighted by Gasteiger charge is 2.36. The number of benzene rings is 2. The van der Waals surface area contributed by atoms with E-state index in [0.717, 1.165) is 24.0 Å². The van der Waals surface area contributed by atoms with Crippen molar-refractivity contribution >= 4 is 0 Å². The molecule has 2 nitrogen and oxygen atoms in total. The molecule has 2 N–H and O–H groups in total. The molecule has 0 unspecified atom stereocenters. The Morgan fingerprint density at radius 1 is 0.640 bits per heavy atom. The lowest BCUT2D eigenvalue weighted by Gasteiger charge is -2.38. The largest absolute Gasteiger partial charge is 0.508 e. The van der Waals surface area contributed by atoms with Crippen LogP contribution in [0.15, 0.2) is 36.4 Å². The van der Waals surface area contributed by atoms with E-state index >= 15 is 0 Å². The first-order chi connectivity index (χ1) is 12.0. The fraction of sp³-hybridized carbons (Fsp3) is 0.478. The van der Waals surface area contributed by atoms with E-state index in [9.17, 15) is 10.2 Å². The number of rotatable bonds is 2. The summed E-state index contributed by atoms with van der Waals surface area (Å²) in [5, 5.41) is 19.8. The maximum atomic E-state index is 9.89. The highest BCUT2D eigenvalue weighted by molar-refractivity contribution is 5.49. The van der Waals surface area contributed by atoms with Crippen LogP contribution >= 0.6 is 0 Å². The summed E-state index contributed by atoms with van der Waals surface area (Å²) in [5.74, 6) is 0.670. The van der Waals surface area contributed by atoms with Gasteiger partial charge in [-0.25, -0.2) is 0 Å². The fourth-order valence-electron chi connectivity index (χ4n) is 4.74. The molecule has 1 saturated carbocycles. The van der Waals surface area contributed by atoms with Gasteiger partial charge in [-0.3, -0.25) is 0 Å². The molecule has 0 bridgehead atoms. The predicted octanol–water partition coefficient (Wildman–Crippen LogP) is 6.14. The molecule has 0 saturated heterocycles. The van der Waals surface area contributed by atoms with Crippen LogP contribution in [0.25, 0.3) is 0 Å². The van der Waals surface area contributed by atoms with Gasteiger partial charge in [-0.15, -0.1) is 0 Å². The Bertz CT molecular complexity index is 669. The maximum absolute atomic E-state index is 9.89. The minimum Gasteiger partial charge on any atom is -0.508 e. The third-order valence-electron chi connectivity index (χ3n) is 5.91. The summed E-state index contributed by atoms with van der Waals surface area (Å²) in [6.07, 6.45) is 9.94. The molecular formula is C23H30O2. The second-order valence-corrected chi connectivity index (χ2v) is 7.70. The number of aryl methyl sites for hydroxylation is 2. The van der Waals surface area contributed by atoms with E-state index in [1.807, 2.05) is 24.3 Å². The molecule has 1 aliphatic rings. The van der Waals surface area contributed by atoms with Gasteiger partial charge in [0.25, 0.3) is 0 Å². The van der Waals surface area contributed by atoms with Crippen molar-refractivity contribution in [2.75, 3.05) is 0 Å². The molecule has 134 valence electrons. The third-order valence-corrected chi connectivity index (χ3v) is 5.91. The van der Waals surface area contributed by atoms with Crippen LogP contribution in [0, 0.1) is 13.8 Å². The zero-order valence-corrected chi connectivity index (χ0v) is 15.5. The van der Waals surface area contributed by atoms with Crippen LogP contribution in [0.4, 0.5) is 0 Å². The SMILES string of the molecule is Cc1cc(O)ccc1C1(c2ccc(O)cc2C)CCCCCCCC1. The van der Waals surface area contributed by atoms with Gasteiger partial charge in [-0.05, 0) is 73.2 Å². The minimum atomic E-state index is -0.0279. The van der Waals surface area contributed by atoms with Gasteiger partial charge in [-0.1, -0.05) is 50.7 Å². The summed E-state index contributed by atoms with van der Waals surface area (Å²) in [6.45, 7) is 4.22. The van der Waals surface area contributed by atoms with Gasteiger partial charge in [0.05, 0.1) is 0 Å². The molecule has 2 aromatic carbocycles. The third kappa shape index (κ3) is 3.68. The molecular weight excluding hydrogens is 308 g/mol. The standard InChI is InChI=1S/C23H30O2/c1-17-15-19(24)9-11-21(17)23(13-7-5-3-4-6-8-14-23)22-12-10-20(25)16-18(22)2/h9-12,15-16,24-25H,3-8,13-14H2,1-2H3. The molecule has 2 aromatic rings. The van der Waals surface area contributed by atoms with Gasteiger partial charge >= 0.3 is 0 Å². The molecule has 0 radical (unpaired) electrons. The summed E-state index contributed by atoms with van der Waals surface area (Å²) < 4.78 is 0. The van der Waals surface area contributed by atoms with Crippen molar-refractivity contribution in [3.63, 3.8) is 0 Å². The van der Waals surface area contributed by atoms with Crippen LogP contribution in [0.1, 0.15) is 73.6 Å². The zero-order valence-electron chi connectivity index (χ0n) is 15.5. The van der Waals surface area contributed by atoms with Crippen molar-refractivity contribution in [1.29, 1.82) is 0 Å². The lowest BCUT2D eigenvalue weighted by Crippen LogP contribution is -2.30. The van der Waals surface area contributed by atoms with Crippen molar-refractivity contribution < 1.29 is 10.2 Å². The summed E-state index contributed by atoms with van der Waals surface area (Å²) in [4.78, 5) is 0. The predicted molar refractivity (Wildman–Crippen MR) is 103 cm³/mol. The first-order valence-corrected chi connectivity index (χ1v) is 9.63. The molecule has 1 aliphatic carbocycles. The van der Waals surface area contributed by atoms with E-state index in [4.69, 9.17) is 0 Å². The van der Waals surface area contributed by atoms with Crippen molar-refractivity contribution in [3.05, 3.63) is 58.7 Å². The van der Waals surface area contributed by atoms with Gasteiger partial charge in [0.1, 0.15) is 11.5 Å². The maximum Gasteiger partial charge on any atom is 0.115 e. The van der Waals surface area contributed by atoms with Crippen molar-refractivity contribution in [2.24, 2.45) is 0 Å².